The Bertz CT molecular complexity index is 819. The summed E-state index contributed by atoms with van der Waals surface area (Å²) in [6, 6.07) is 10.9. The Labute approximate surface area is 141 Å². The van der Waals surface area contributed by atoms with Crippen molar-refractivity contribution >= 4 is 0 Å². The first-order valence-electron chi connectivity index (χ1n) is 7.32. The van der Waals surface area contributed by atoms with Gasteiger partial charge in [0.2, 0.25) is 0 Å². The summed E-state index contributed by atoms with van der Waals surface area (Å²) in [6.07, 6.45) is 0. The maximum Gasteiger partial charge on any atom is 0.165 e. The van der Waals surface area contributed by atoms with Crippen LogP contribution in [0.15, 0.2) is 54.6 Å². The molecule has 0 saturated carbocycles. The molecule has 0 amide bonds. The monoisotopic (exact) mass is 346 g/mol. The van der Waals surface area contributed by atoms with Crippen molar-refractivity contribution in [2.45, 2.75) is 5.92 Å². The average molecular weight is 346 g/mol. The quantitative estimate of drug-likeness (QED) is 0.616. The maximum atomic E-state index is 13.8. The zero-order valence-electron chi connectivity index (χ0n) is 12.7. The van der Waals surface area contributed by atoms with E-state index in [1.54, 1.807) is 0 Å². The average Bonchev–Trinajstić information content (AvgIpc) is 2.57. The fourth-order valence-electron chi connectivity index (χ4n) is 2.69. The molecule has 25 heavy (non-hydrogen) atoms. The van der Waals surface area contributed by atoms with E-state index in [4.69, 9.17) is 0 Å². The molecule has 0 radical (unpaired) electrons. The minimum atomic E-state index is -0.874. The van der Waals surface area contributed by atoms with Gasteiger partial charge in [-0.3, -0.25) is 0 Å². The van der Waals surface area contributed by atoms with Crippen LogP contribution in [0.3, 0.4) is 0 Å². The Hall–Kier alpha value is -3.15. The third-order valence-corrected chi connectivity index (χ3v) is 3.92. The SMILES string of the molecule is Oc1ccc(C(c2ccc(O)c(F)c2)c2ccc(O)c(F)c2)cc1F. The Kier molecular flexibility index (Phi) is 4.27. The third-order valence-electron chi connectivity index (χ3n) is 3.92. The van der Waals surface area contributed by atoms with Crippen LogP contribution in [0.2, 0.25) is 0 Å². The molecule has 0 aliphatic carbocycles. The predicted octanol–water partition coefficient (Wildman–Crippen LogP) is 4.40. The summed E-state index contributed by atoms with van der Waals surface area (Å²) in [7, 11) is 0. The summed E-state index contributed by atoms with van der Waals surface area (Å²) in [4.78, 5) is 0. The van der Waals surface area contributed by atoms with Gasteiger partial charge < -0.3 is 15.3 Å². The highest BCUT2D eigenvalue weighted by Gasteiger charge is 2.21. The Balaban J connectivity index is 2.21. The first-order chi connectivity index (χ1) is 11.9. The van der Waals surface area contributed by atoms with Crippen molar-refractivity contribution in [3.8, 4) is 17.2 Å². The molecule has 6 heteroatoms. The number of hydrogen-bond donors (Lipinski definition) is 3. The standard InChI is InChI=1S/C19H13F3O3/c20-13-7-10(1-4-16(13)23)19(11-2-5-17(24)14(21)8-11)12-3-6-18(25)15(22)9-12/h1-9,19,23-25H. The van der Waals surface area contributed by atoms with Crippen molar-refractivity contribution in [3.63, 3.8) is 0 Å². The lowest BCUT2D eigenvalue weighted by molar-refractivity contribution is 0.430. The molecule has 3 N–H and O–H groups in total. The van der Waals surface area contributed by atoms with Crippen LogP contribution in [-0.4, -0.2) is 15.3 Å². The summed E-state index contributed by atoms with van der Waals surface area (Å²) in [5, 5.41) is 28.1. The minimum absolute atomic E-state index is 0.338. The summed E-state index contributed by atoms with van der Waals surface area (Å²) in [5.41, 5.74) is 1.02. The van der Waals surface area contributed by atoms with E-state index in [2.05, 4.69) is 0 Å². The first-order valence-corrected chi connectivity index (χ1v) is 7.32. The molecular weight excluding hydrogens is 333 g/mol. The Morgan fingerprint density at radius 1 is 0.520 bits per heavy atom. The highest BCUT2D eigenvalue weighted by atomic mass is 19.1. The molecule has 0 aliphatic heterocycles. The van der Waals surface area contributed by atoms with Crippen molar-refractivity contribution < 1.29 is 28.5 Å². The number of phenolic OH excluding ortho intramolecular Hbond substituents is 3. The largest absolute Gasteiger partial charge is 0.505 e. The van der Waals surface area contributed by atoms with Crippen molar-refractivity contribution in [1.29, 1.82) is 0 Å². The summed E-state index contributed by atoms with van der Waals surface area (Å²) < 4.78 is 41.3. The number of benzene rings is 3. The topological polar surface area (TPSA) is 60.7 Å². The third kappa shape index (κ3) is 3.24. The van der Waals surface area contributed by atoms with Crippen LogP contribution in [0, 0.1) is 17.5 Å². The van der Waals surface area contributed by atoms with E-state index in [0.717, 1.165) is 36.4 Å². The van der Waals surface area contributed by atoms with Crippen molar-refractivity contribution in [2.24, 2.45) is 0 Å². The van der Waals surface area contributed by atoms with Crippen LogP contribution in [-0.2, 0) is 0 Å². The van der Waals surface area contributed by atoms with E-state index in [9.17, 15) is 28.5 Å². The number of phenols is 3. The molecule has 0 saturated heterocycles. The van der Waals surface area contributed by atoms with Gasteiger partial charge in [0.15, 0.2) is 34.7 Å². The second-order valence-corrected chi connectivity index (χ2v) is 5.57. The van der Waals surface area contributed by atoms with Gasteiger partial charge in [0, 0.05) is 5.92 Å². The summed E-state index contributed by atoms with van der Waals surface area (Å²) in [6.45, 7) is 0. The molecule has 3 rings (SSSR count). The fraction of sp³-hybridized carbons (Fsp3) is 0.0526. The van der Waals surface area contributed by atoms with E-state index >= 15 is 0 Å². The lowest BCUT2D eigenvalue weighted by Gasteiger charge is -2.20. The van der Waals surface area contributed by atoms with Crippen LogP contribution in [0.5, 0.6) is 17.2 Å². The molecule has 0 aromatic heterocycles. The molecule has 0 heterocycles. The lowest BCUT2D eigenvalue weighted by Crippen LogP contribution is -2.05. The van der Waals surface area contributed by atoms with Gasteiger partial charge >= 0.3 is 0 Å². The van der Waals surface area contributed by atoms with Gasteiger partial charge in [-0.2, -0.15) is 0 Å². The summed E-state index contributed by atoms with van der Waals surface area (Å²) >= 11 is 0. The summed E-state index contributed by atoms with van der Waals surface area (Å²) in [5.74, 6) is -5.04. The molecule has 0 atom stereocenters. The van der Waals surface area contributed by atoms with E-state index < -0.39 is 40.6 Å². The van der Waals surface area contributed by atoms with Crippen molar-refractivity contribution in [1.82, 2.24) is 0 Å². The van der Waals surface area contributed by atoms with E-state index in [0.29, 0.717) is 16.7 Å². The van der Waals surface area contributed by atoms with Gasteiger partial charge in [0.1, 0.15) is 0 Å². The first kappa shape index (κ1) is 16.7. The maximum absolute atomic E-state index is 13.8. The number of rotatable bonds is 3. The fourth-order valence-corrected chi connectivity index (χ4v) is 2.69. The van der Waals surface area contributed by atoms with Crippen LogP contribution in [0.1, 0.15) is 22.6 Å². The van der Waals surface area contributed by atoms with Gasteiger partial charge in [-0.1, -0.05) is 18.2 Å². The molecule has 128 valence electrons. The Morgan fingerprint density at radius 3 is 1.04 bits per heavy atom. The normalized spacial score (nSPS) is 11.0. The van der Waals surface area contributed by atoms with Gasteiger partial charge in [0.05, 0.1) is 0 Å². The molecule has 0 aliphatic rings. The second kappa shape index (κ2) is 6.39. The Morgan fingerprint density at radius 2 is 0.800 bits per heavy atom. The zero-order chi connectivity index (χ0) is 18.1. The van der Waals surface area contributed by atoms with Gasteiger partial charge in [-0.05, 0) is 53.1 Å². The molecular formula is C19H13F3O3. The predicted molar refractivity (Wildman–Crippen MR) is 85.1 cm³/mol. The lowest BCUT2D eigenvalue weighted by atomic mass is 9.85. The number of aromatic hydroxyl groups is 3. The molecule has 3 aromatic carbocycles. The highest BCUT2D eigenvalue weighted by Crippen LogP contribution is 2.36. The highest BCUT2D eigenvalue weighted by molar-refractivity contribution is 5.47. The van der Waals surface area contributed by atoms with Crippen molar-refractivity contribution in [3.05, 3.63) is 88.7 Å². The van der Waals surface area contributed by atoms with Crippen LogP contribution in [0.4, 0.5) is 13.2 Å². The second-order valence-electron chi connectivity index (χ2n) is 5.57. The number of hydrogen-bond acceptors (Lipinski definition) is 3. The smallest absolute Gasteiger partial charge is 0.165 e. The zero-order valence-corrected chi connectivity index (χ0v) is 12.7. The van der Waals surface area contributed by atoms with Gasteiger partial charge in [-0.15, -0.1) is 0 Å². The van der Waals surface area contributed by atoms with E-state index in [-0.39, 0.29) is 0 Å². The van der Waals surface area contributed by atoms with Crippen LogP contribution in [0.25, 0.3) is 0 Å². The molecule has 0 fully saturated rings. The van der Waals surface area contributed by atoms with E-state index in [1.807, 2.05) is 0 Å². The number of halogens is 3. The minimum Gasteiger partial charge on any atom is -0.505 e. The molecule has 3 aromatic rings. The van der Waals surface area contributed by atoms with Crippen molar-refractivity contribution in [2.75, 3.05) is 0 Å². The van der Waals surface area contributed by atoms with E-state index in [1.165, 1.54) is 18.2 Å². The molecule has 0 spiro atoms. The van der Waals surface area contributed by atoms with Crippen LogP contribution < -0.4 is 0 Å². The van der Waals surface area contributed by atoms with Crippen LogP contribution >= 0.6 is 0 Å². The molecule has 0 unspecified atom stereocenters. The van der Waals surface area contributed by atoms with Gasteiger partial charge in [0.25, 0.3) is 0 Å². The molecule has 3 nitrogen and oxygen atoms in total. The van der Waals surface area contributed by atoms with Gasteiger partial charge in [-0.25, -0.2) is 13.2 Å². The molecule has 0 bridgehead atoms.